The molecule has 3 atom stereocenters. The van der Waals surface area contributed by atoms with Crippen molar-refractivity contribution in [2.75, 3.05) is 13.2 Å². The highest BCUT2D eigenvalue weighted by molar-refractivity contribution is 4.91. The lowest BCUT2D eigenvalue weighted by atomic mass is 9.68. The number of hydrogen-bond donors (Lipinski definition) is 1. The van der Waals surface area contributed by atoms with Gasteiger partial charge in [0.15, 0.2) is 6.29 Å². The van der Waals surface area contributed by atoms with E-state index in [1.165, 1.54) is 19.3 Å². The van der Waals surface area contributed by atoms with Crippen LogP contribution in [0.4, 0.5) is 0 Å². The van der Waals surface area contributed by atoms with Gasteiger partial charge < -0.3 is 14.6 Å². The van der Waals surface area contributed by atoms with Crippen molar-refractivity contribution in [3.8, 4) is 0 Å². The van der Waals surface area contributed by atoms with Crippen molar-refractivity contribution >= 4 is 0 Å². The van der Waals surface area contributed by atoms with E-state index in [1.807, 2.05) is 0 Å². The fourth-order valence-corrected chi connectivity index (χ4v) is 3.73. The van der Waals surface area contributed by atoms with Crippen molar-refractivity contribution in [2.24, 2.45) is 17.8 Å². The summed E-state index contributed by atoms with van der Waals surface area (Å²) in [6, 6.07) is 0. The number of rotatable bonds is 5. The molecule has 0 bridgehead atoms. The summed E-state index contributed by atoms with van der Waals surface area (Å²) in [5.74, 6) is 1.96. The number of ether oxygens (including phenoxy) is 2. The van der Waals surface area contributed by atoms with Crippen molar-refractivity contribution in [2.45, 2.75) is 71.2 Å². The Bertz CT molecular complexity index is 273. The van der Waals surface area contributed by atoms with Crippen molar-refractivity contribution in [3.05, 3.63) is 0 Å². The Morgan fingerprint density at radius 2 is 1.95 bits per heavy atom. The maximum atomic E-state index is 10.8. The van der Waals surface area contributed by atoms with Crippen LogP contribution in [0.15, 0.2) is 0 Å². The van der Waals surface area contributed by atoms with E-state index in [4.69, 9.17) is 9.47 Å². The van der Waals surface area contributed by atoms with Gasteiger partial charge in [-0.15, -0.1) is 0 Å². The molecule has 1 aliphatic heterocycles. The molecular weight excluding hydrogens is 240 g/mol. The van der Waals surface area contributed by atoms with E-state index in [0.29, 0.717) is 19.1 Å². The Labute approximate surface area is 117 Å². The molecule has 2 rings (SSSR count). The molecule has 3 unspecified atom stereocenters. The van der Waals surface area contributed by atoms with Crippen LogP contribution in [0.1, 0.15) is 59.3 Å². The molecule has 3 nitrogen and oxygen atoms in total. The number of hydrogen-bond acceptors (Lipinski definition) is 3. The SMILES string of the molecule is CC(C)CC1CCC(O)(CCC2OCCO2)C(C)C1. The van der Waals surface area contributed by atoms with Crippen molar-refractivity contribution in [1.29, 1.82) is 0 Å². The Hall–Kier alpha value is -0.120. The zero-order valence-electron chi connectivity index (χ0n) is 12.7. The Morgan fingerprint density at radius 1 is 1.26 bits per heavy atom. The standard InChI is InChI=1S/C16H30O3/c1-12(2)10-14-4-6-16(17,13(3)11-14)7-5-15-18-8-9-19-15/h12-15,17H,4-11H2,1-3H3. The van der Waals surface area contributed by atoms with Gasteiger partial charge in [-0.25, -0.2) is 0 Å². The lowest BCUT2D eigenvalue weighted by molar-refractivity contribution is -0.0978. The van der Waals surface area contributed by atoms with Crippen LogP contribution in [0.25, 0.3) is 0 Å². The second kappa shape index (κ2) is 6.55. The highest BCUT2D eigenvalue weighted by Crippen LogP contribution is 2.42. The van der Waals surface area contributed by atoms with Gasteiger partial charge in [0.05, 0.1) is 18.8 Å². The minimum absolute atomic E-state index is 0.0791. The average molecular weight is 270 g/mol. The first-order valence-electron chi connectivity index (χ1n) is 7.95. The lowest BCUT2D eigenvalue weighted by Gasteiger charge is -2.42. The predicted molar refractivity (Wildman–Crippen MR) is 75.8 cm³/mol. The molecule has 0 aromatic heterocycles. The average Bonchev–Trinajstić information content (AvgIpc) is 2.84. The molecular formula is C16H30O3. The molecule has 0 aromatic rings. The van der Waals surface area contributed by atoms with Gasteiger partial charge >= 0.3 is 0 Å². The van der Waals surface area contributed by atoms with Crippen molar-refractivity contribution in [3.63, 3.8) is 0 Å². The van der Waals surface area contributed by atoms with Crippen LogP contribution in [0.3, 0.4) is 0 Å². The fraction of sp³-hybridized carbons (Fsp3) is 1.00. The van der Waals surface area contributed by atoms with Gasteiger partial charge in [0.1, 0.15) is 0 Å². The molecule has 3 heteroatoms. The normalized spacial score (nSPS) is 37.1. The minimum Gasteiger partial charge on any atom is -0.390 e. The predicted octanol–water partition coefficient (Wildman–Crippen LogP) is 3.35. The molecule has 2 aliphatic rings. The van der Waals surface area contributed by atoms with Gasteiger partial charge in [0.25, 0.3) is 0 Å². The van der Waals surface area contributed by atoms with Crippen LogP contribution >= 0.6 is 0 Å². The molecule has 0 amide bonds. The van der Waals surface area contributed by atoms with Crippen LogP contribution in [-0.4, -0.2) is 30.2 Å². The second-order valence-corrected chi connectivity index (χ2v) is 6.98. The third-order valence-corrected chi connectivity index (χ3v) is 4.90. The van der Waals surface area contributed by atoms with Crippen LogP contribution in [0.5, 0.6) is 0 Å². The maximum absolute atomic E-state index is 10.8. The van der Waals surface area contributed by atoms with E-state index in [0.717, 1.165) is 31.1 Å². The molecule has 1 saturated carbocycles. The summed E-state index contributed by atoms with van der Waals surface area (Å²) in [7, 11) is 0. The molecule has 0 radical (unpaired) electrons. The minimum atomic E-state index is -0.497. The second-order valence-electron chi connectivity index (χ2n) is 6.98. The maximum Gasteiger partial charge on any atom is 0.157 e. The van der Waals surface area contributed by atoms with E-state index in [2.05, 4.69) is 20.8 Å². The summed E-state index contributed by atoms with van der Waals surface area (Å²) in [5.41, 5.74) is -0.497. The van der Waals surface area contributed by atoms with Gasteiger partial charge in [0, 0.05) is 6.42 Å². The van der Waals surface area contributed by atoms with Crippen molar-refractivity contribution < 1.29 is 14.6 Å². The largest absolute Gasteiger partial charge is 0.390 e. The van der Waals surface area contributed by atoms with Crippen LogP contribution < -0.4 is 0 Å². The van der Waals surface area contributed by atoms with E-state index >= 15 is 0 Å². The van der Waals surface area contributed by atoms with E-state index < -0.39 is 5.60 Å². The first-order chi connectivity index (χ1) is 8.99. The first-order valence-corrected chi connectivity index (χ1v) is 7.95. The fourth-order valence-electron chi connectivity index (χ4n) is 3.73. The topological polar surface area (TPSA) is 38.7 Å². The Balaban J connectivity index is 1.79. The molecule has 1 N–H and O–H groups in total. The summed E-state index contributed by atoms with van der Waals surface area (Å²) in [6.45, 7) is 8.20. The van der Waals surface area contributed by atoms with Crippen molar-refractivity contribution in [1.82, 2.24) is 0 Å². The van der Waals surface area contributed by atoms with Gasteiger partial charge in [-0.1, -0.05) is 20.8 Å². The third-order valence-electron chi connectivity index (χ3n) is 4.90. The molecule has 0 spiro atoms. The monoisotopic (exact) mass is 270 g/mol. The van der Waals surface area contributed by atoms with Gasteiger partial charge in [0.2, 0.25) is 0 Å². The highest BCUT2D eigenvalue weighted by atomic mass is 16.7. The zero-order chi connectivity index (χ0) is 13.9. The summed E-state index contributed by atoms with van der Waals surface area (Å²) in [4.78, 5) is 0. The quantitative estimate of drug-likeness (QED) is 0.832. The van der Waals surface area contributed by atoms with Gasteiger partial charge in [-0.3, -0.25) is 0 Å². The van der Waals surface area contributed by atoms with E-state index in [9.17, 15) is 5.11 Å². The molecule has 1 aliphatic carbocycles. The highest BCUT2D eigenvalue weighted by Gasteiger charge is 2.39. The Morgan fingerprint density at radius 3 is 2.53 bits per heavy atom. The molecule has 2 fully saturated rings. The zero-order valence-corrected chi connectivity index (χ0v) is 12.7. The summed E-state index contributed by atoms with van der Waals surface area (Å²) < 4.78 is 10.9. The van der Waals surface area contributed by atoms with E-state index in [1.54, 1.807) is 0 Å². The molecule has 0 aromatic carbocycles. The molecule has 1 heterocycles. The lowest BCUT2D eigenvalue weighted by Crippen LogP contribution is -2.42. The summed E-state index contributed by atoms with van der Waals surface area (Å²) in [6.07, 6.45) is 6.15. The third kappa shape index (κ3) is 4.17. The first kappa shape index (κ1) is 15.3. The smallest absolute Gasteiger partial charge is 0.157 e. The van der Waals surface area contributed by atoms with Crippen LogP contribution in [-0.2, 0) is 9.47 Å². The molecule has 19 heavy (non-hydrogen) atoms. The Kier molecular flexibility index (Phi) is 5.27. The summed E-state index contributed by atoms with van der Waals surface area (Å²) in [5, 5.41) is 10.8. The van der Waals surface area contributed by atoms with E-state index in [-0.39, 0.29) is 6.29 Å². The van der Waals surface area contributed by atoms with Crippen LogP contribution in [0.2, 0.25) is 0 Å². The molecule has 112 valence electrons. The van der Waals surface area contributed by atoms with Gasteiger partial charge in [-0.05, 0) is 49.9 Å². The number of aliphatic hydroxyl groups is 1. The van der Waals surface area contributed by atoms with Crippen LogP contribution in [0, 0.1) is 17.8 Å². The van der Waals surface area contributed by atoms with Gasteiger partial charge in [-0.2, -0.15) is 0 Å². The molecule has 1 saturated heterocycles. The summed E-state index contributed by atoms with van der Waals surface area (Å²) >= 11 is 0.